The number of nitrogens with zero attached hydrogens (tertiary/aromatic N) is 2. The Balaban J connectivity index is 3.37. The molecule has 0 atom stereocenters. The molecule has 5 nitrogen and oxygen atoms in total. The van der Waals surface area contributed by atoms with Gasteiger partial charge in [0.05, 0.1) is 6.20 Å². The van der Waals surface area contributed by atoms with Crippen molar-refractivity contribution in [2.75, 3.05) is 0 Å². The molecule has 1 N–H and O–H groups in total. The average molecular weight is 195 g/mol. The minimum Gasteiger partial charge on any atom is -0.282 e. The molecule has 0 aromatic carbocycles. The van der Waals surface area contributed by atoms with E-state index >= 15 is 0 Å². The van der Waals surface area contributed by atoms with Crippen LogP contribution in [0.3, 0.4) is 0 Å². The van der Waals surface area contributed by atoms with Crippen molar-refractivity contribution < 1.29 is 13.0 Å². The summed E-state index contributed by atoms with van der Waals surface area (Å²) in [5.74, 6) is 0. The smallest absolute Gasteiger partial charge is 0.282 e. The second-order valence-electron chi connectivity index (χ2n) is 1.65. The third-order valence-electron chi connectivity index (χ3n) is 0.911. The molecule has 1 rings (SSSR count). The van der Waals surface area contributed by atoms with Crippen molar-refractivity contribution in [3.63, 3.8) is 0 Å². The van der Waals surface area contributed by atoms with E-state index in [2.05, 4.69) is 9.97 Å². The Bertz CT molecular complexity index is 363. The molecule has 11 heavy (non-hydrogen) atoms. The molecule has 1 aromatic heterocycles. The van der Waals surface area contributed by atoms with Gasteiger partial charge in [-0.15, -0.1) is 0 Å². The van der Waals surface area contributed by atoms with E-state index in [9.17, 15) is 8.42 Å². The molecule has 0 aliphatic rings. The first-order chi connectivity index (χ1) is 5.02. The van der Waals surface area contributed by atoms with Gasteiger partial charge in [-0.25, -0.2) is 9.97 Å². The summed E-state index contributed by atoms with van der Waals surface area (Å²) in [6.07, 6.45) is 2.00. The zero-order valence-corrected chi connectivity index (χ0v) is 6.67. The Hall–Kier alpha value is -0.720. The predicted molar refractivity (Wildman–Crippen MR) is 36.9 cm³/mol. The average Bonchev–Trinajstić information content (AvgIpc) is 1.86. The molecule has 0 aliphatic heterocycles. The molecular weight excluding hydrogens is 192 g/mol. The summed E-state index contributed by atoms with van der Waals surface area (Å²) in [5, 5.41) is -0.289. The SMILES string of the molecule is O=S(=O)(O)c1cncnc1Cl. The summed E-state index contributed by atoms with van der Waals surface area (Å²) in [4.78, 5) is 6.25. The van der Waals surface area contributed by atoms with Gasteiger partial charge in [0.2, 0.25) is 0 Å². The van der Waals surface area contributed by atoms with Gasteiger partial charge in [-0.1, -0.05) is 11.6 Å². The standard InChI is InChI=1S/C4H3ClN2O3S/c5-4-3(11(8,9)10)1-6-2-7-4/h1-2H,(H,8,9,10). The van der Waals surface area contributed by atoms with E-state index in [1.165, 1.54) is 0 Å². The van der Waals surface area contributed by atoms with Gasteiger partial charge in [0.25, 0.3) is 10.1 Å². The molecule has 0 saturated carbocycles. The van der Waals surface area contributed by atoms with Crippen LogP contribution in [0.1, 0.15) is 0 Å². The number of aromatic nitrogens is 2. The summed E-state index contributed by atoms with van der Waals surface area (Å²) < 4.78 is 29.4. The maximum Gasteiger partial charge on any atom is 0.299 e. The van der Waals surface area contributed by atoms with Gasteiger partial charge in [-0.05, 0) is 0 Å². The maximum atomic E-state index is 10.4. The molecule has 0 fully saturated rings. The summed E-state index contributed by atoms with van der Waals surface area (Å²) in [6.45, 7) is 0. The Morgan fingerprint density at radius 3 is 2.55 bits per heavy atom. The van der Waals surface area contributed by atoms with Crippen LogP contribution in [0.15, 0.2) is 17.4 Å². The molecule has 0 unspecified atom stereocenters. The summed E-state index contributed by atoms with van der Waals surface area (Å²) in [5.41, 5.74) is 0. The van der Waals surface area contributed by atoms with Crippen molar-refractivity contribution >= 4 is 21.7 Å². The van der Waals surface area contributed by atoms with E-state index in [1.54, 1.807) is 0 Å². The fraction of sp³-hybridized carbons (Fsp3) is 0. The van der Waals surface area contributed by atoms with Crippen LogP contribution in [0.4, 0.5) is 0 Å². The van der Waals surface area contributed by atoms with Crippen molar-refractivity contribution in [2.45, 2.75) is 4.90 Å². The number of hydrogen-bond donors (Lipinski definition) is 1. The van der Waals surface area contributed by atoms with E-state index in [0.717, 1.165) is 12.5 Å². The monoisotopic (exact) mass is 194 g/mol. The van der Waals surface area contributed by atoms with Crippen molar-refractivity contribution in [3.05, 3.63) is 17.7 Å². The first-order valence-corrected chi connectivity index (χ1v) is 4.26. The predicted octanol–water partition coefficient (Wildman–Crippen LogP) is 0.377. The van der Waals surface area contributed by atoms with Gasteiger partial charge >= 0.3 is 0 Å². The third-order valence-corrected chi connectivity index (χ3v) is 2.18. The molecule has 0 radical (unpaired) electrons. The topological polar surface area (TPSA) is 80.2 Å². The highest BCUT2D eigenvalue weighted by Gasteiger charge is 2.14. The van der Waals surface area contributed by atoms with Crippen LogP contribution in [0, 0.1) is 0 Å². The number of hydrogen-bond acceptors (Lipinski definition) is 4. The highest BCUT2D eigenvalue weighted by Crippen LogP contribution is 2.15. The number of rotatable bonds is 1. The highest BCUT2D eigenvalue weighted by molar-refractivity contribution is 7.86. The fourth-order valence-electron chi connectivity index (χ4n) is 0.475. The normalized spacial score (nSPS) is 11.5. The largest absolute Gasteiger partial charge is 0.299 e. The Labute approximate surface area is 67.8 Å². The van der Waals surface area contributed by atoms with Crippen LogP contribution in [-0.4, -0.2) is 22.9 Å². The second kappa shape index (κ2) is 2.72. The van der Waals surface area contributed by atoms with Crippen molar-refractivity contribution in [1.82, 2.24) is 9.97 Å². The Morgan fingerprint density at radius 2 is 2.18 bits per heavy atom. The zero-order chi connectivity index (χ0) is 8.48. The van der Waals surface area contributed by atoms with E-state index in [0.29, 0.717) is 0 Å². The van der Waals surface area contributed by atoms with Crippen LogP contribution in [0.2, 0.25) is 5.15 Å². The third kappa shape index (κ3) is 1.86. The maximum absolute atomic E-state index is 10.4. The van der Waals surface area contributed by atoms with Crippen LogP contribution >= 0.6 is 11.6 Å². The lowest BCUT2D eigenvalue weighted by molar-refractivity contribution is 0.482. The lowest BCUT2D eigenvalue weighted by Gasteiger charge is -1.95. The molecule has 0 aliphatic carbocycles. The van der Waals surface area contributed by atoms with Gasteiger partial charge in [-0.3, -0.25) is 4.55 Å². The van der Waals surface area contributed by atoms with Gasteiger partial charge in [0.1, 0.15) is 11.2 Å². The number of halogens is 1. The molecule has 7 heteroatoms. The van der Waals surface area contributed by atoms with Gasteiger partial charge < -0.3 is 0 Å². The first kappa shape index (κ1) is 8.38. The Morgan fingerprint density at radius 1 is 1.55 bits per heavy atom. The van der Waals surface area contributed by atoms with Crippen LogP contribution < -0.4 is 0 Å². The van der Waals surface area contributed by atoms with Gasteiger partial charge in [0, 0.05) is 0 Å². The van der Waals surface area contributed by atoms with Gasteiger partial charge in [0.15, 0.2) is 5.15 Å². The summed E-state index contributed by atoms with van der Waals surface area (Å²) >= 11 is 5.32. The molecular formula is C4H3ClN2O3S. The van der Waals surface area contributed by atoms with Crippen LogP contribution in [0.25, 0.3) is 0 Å². The molecule has 0 bridgehead atoms. The quantitative estimate of drug-likeness (QED) is 0.516. The molecule has 1 aromatic rings. The molecule has 60 valence electrons. The fourth-order valence-corrected chi connectivity index (χ4v) is 1.32. The first-order valence-electron chi connectivity index (χ1n) is 2.45. The van der Waals surface area contributed by atoms with Crippen LogP contribution in [-0.2, 0) is 10.1 Å². The van der Waals surface area contributed by atoms with Crippen LogP contribution in [0.5, 0.6) is 0 Å². The minimum absolute atomic E-state index is 0.289. The van der Waals surface area contributed by atoms with E-state index in [1.807, 2.05) is 0 Å². The molecule has 1 heterocycles. The zero-order valence-electron chi connectivity index (χ0n) is 5.10. The molecule has 0 spiro atoms. The lowest BCUT2D eigenvalue weighted by atomic mass is 10.7. The Kier molecular flexibility index (Phi) is 2.08. The summed E-state index contributed by atoms with van der Waals surface area (Å²) in [7, 11) is -4.29. The molecule has 0 amide bonds. The van der Waals surface area contributed by atoms with Crippen molar-refractivity contribution in [1.29, 1.82) is 0 Å². The van der Waals surface area contributed by atoms with E-state index < -0.39 is 15.0 Å². The van der Waals surface area contributed by atoms with E-state index in [-0.39, 0.29) is 5.15 Å². The summed E-state index contributed by atoms with van der Waals surface area (Å²) in [6, 6.07) is 0. The molecule has 0 saturated heterocycles. The van der Waals surface area contributed by atoms with Crippen molar-refractivity contribution in [3.8, 4) is 0 Å². The van der Waals surface area contributed by atoms with Gasteiger partial charge in [-0.2, -0.15) is 8.42 Å². The highest BCUT2D eigenvalue weighted by atomic mass is 35.5. The van der Waals surface area contributed by atoms with Crippen molar-refractivity contribution in [2.24, 2.45) is 0 Å². The second-order valence-corrected chi connectivity index (χ2v) is 3.40. The van der Waals surface area contributed by atoms with E-state index in [4.69, 9.17) is 16.2 Å². The lowest BCUT2D eigenvalue weighted by Crippen LogP contribution is -2.00. The minimum atomic E-state index is -4.29.